The van der Waals surface area contributed by atoms with Gasteiger partial charge in [0.15, 0.2) is 0 Å². The van der Waals surface area contributed by atoms with Crippen molar-refractivity contribution in [2.75, 3.05) is 5.73 Å². The molecular weight excluding hydrogens is 367 g/mol. The molecule has 1 unspecified atom stereocenters. The maximum Gasteiger partial charge on any atom is 0.408 e. The minimum Gasteiger partial charge on any atom is -0.444 e. The van der Waals surface area contributed by atoms with Crippen molar-refractivity contribution in [1.82, 2.24) is 5.32 Å². The Morgan fingerprint density at radius 3 is 2.50 bits per heavy atom. The van der Waals surface area contributed by atoms with Crippen LogP contribution in [0.5, 0.6) is 0 Å². The molecule has 1 atom stereocenters. The Hall–Kier alpha value is -1.24. The third-order valence-corrected chi connectivity index (χ3v) is 3.48. The van der Waals surface area contributed by atoms with Gasteiger partial charge in [0, 0.05) is 5.69 Å². The highest BCUT2D eigenvalue weighted by molar-refractivity contribution is 14.1. The van der Waals surface area contributed by atoms with Crippen LogP contribution < -0.4 is 11.1 Å². The number of ether oxygens (including phenoxy) is 1. The summed E-state index contributed by atoms with van der Waals surface area (Å²) in [5.74, 6) is 0. The number of alkyl halides is 1. The Balaban J connectivity index is 2.93. The minimum absolute atomic E-state index is 0.452. The van der Waals surface area contributed by atoms with E-state index in [1.807, 2.05) is 39.8 Å². The molecule has 0 radical (unpaired) electrons. The lowest BCUT2D eigenvalue weighted by Crippen LogP contribution is -2.41. The van der Waals surface area contributed by atoms with Crippen molar-refractivity contribution < 1.29 is 9.53 Å². The summed E-state index contributed by atoms with van der Waals surface area (Å²) in [5.41, 5.74) is 7.75. The third-order valence-electron chi connectivity index (χ3n) is 2.58. The predicted molar refractivity (Wildman–Crippen MR) is 91.7 cm³/mol. The smallest absolute Gasteiger partial charge is 0.408 e. The number of alkyl carbamates (subject to hydrolysis) is 1. The highest BCUT2D eigenvalue weighted by Gasteiger charge is 2.28. The lowest BCUT2D eigenvalue weighted by Gasteiger charge is -2.28. The number of nitrogens with one attached hydrogen (secondary N) is 1. The molecule has 0 fully saturated rings. The summed E-state index contributed by atoms with van der Waals surface area (Å²) in [5, 5.41) is 2.85. The molecule has 1 rings (SSSR count). The van der Waals surface area contributed by atoms with Crippen LogP contribution in [0.3, 0.4) is 0 Å². The van der Waals surface area contributed by atoms with Crippen molar-refractivity contribution in [1.29, 1.82) is 0 Å². The number of benzene rings is 1. The van der Waals surface area contributed by atoms with Gasteiger partial charge in [-0.25, -0.2) is 4.79 Å². The number of halogens is 1. The first-order chi connectivity index (χ1) is 9.05. The summed E-state index contributed by atoms with van der Waals surface area (Å²) in [4.78, 5) is 11.9. The molecule has 1 amide bonds. The van der Waals surface area contributed by atoms with E-state index in [-0.39, 0.29) is 0 Å². The number of amides is 1. The second-order valence-corrected chi connectivity index (χ2v) is 7.84. The summed E-state index contributed by atoms with van der Waals surface area (Å²) >= 11 is 2.17. The highest BCUT2D eigenvalue weighted by Crippen LogP contribution is 2.31. The number of nitrogen functional groups attached to an aromatic ring is 1. The fourth-order valence-electron chi connectivity index (χ4n) is 1.61. The number of hydrogen-bond acceptors (Lipinski definition) is 3. The van der Waals surface area contributed by atoms with Crippen LogP contribution in [0.2, 0.25) is 0 Å². The molecule has 3 N–H and O–H groups in total. The minimum atomic E-state index is -0.592. The van der Waals surface area contributed by atoms with Gasteiger partial charge < -0.3 is 15.8 Å². The molecule has 0 aliphatic rings. The van der Waals surface area contributed by atoms with E-state index in [0.717, 1.165) is 11.1 Å². The number of anilines is 1. The van der Waals surface area contributed by atoms with E-state index in [0.29, 0.717) is 5.69 Å². The van der Waals surface area contributed by atoms with Crippen LogP contribution in [0.15, 0.2) is 24.8 Å². The SMILES string of the molecule is C=Cc1cc(C(C)(I)NC(=O)OC(C)(C)C)ccc1N. The Morgan fingerprint density at radius 1 is 1.40 bits per heavy atom. The quantitative estimate of drug-likeness (QED) is 0.356. The predicted octanol–water partition coefficient (Wildman–Crippen LogP) is 4.04. The van der Waals surface area contributed by atoms with E-state index in [1.54, 1.807) is 12.1 Å². The molecule has 5 heteroatoms. The Bertz CT molecular complexity index is 519. The van der Waals surface area contributed by atoms with E-state index < -0.39 is 15.2 Å². The molecule has 4 nitrogen and oxygen atoms in total. The summed E-state index contributed by atoms with van der Waals surface area (Å²) in [7, 11) is 0. The van der Waals surface area contributed by atoms with E-state index in [4.69, 9.17) is 10.5 Å². The molecule has 0 spiro atoms. The van der Waals surface area contributed by atoms with Crippen molar-refractivity contribution >= 4 is 40.4 Å². The van der Waals surface area contributed by atoms with Crippen LogP contribution in [-0.4, -0.2) is 11.7 Å². The first-order valence-corrected chi connectivity index (χ1v) is 7.35. The molecule has 0 heterocycles. The maximum atomic E-state index is 11.9. The van der Waals surface area contributed by atoms with Crippen molar-refractivity contribution in [3.8, 4) is 0 Å². The number of nitrogens with two attached hydrogens (primary N) is 1. The second-order valence-electron chi connectivity index (χ2n) is 5.68. The van der Waals surface area contributed by atoms with Gasteiger partial charge in [-0.2, -0.15) is 0 Å². The normalized spacial score (nSPS) is 14.2. The van der Waals surface area contributed by atoms with Gasteiger partial charge in [0.1, 0.15) is 9.15 Å². The van der Waals surface area contributed by atoms with Gasteiger partial charge in [0.25, 0.3) is 0 Å². The van der Waals surface area contributed by atoms with Crippen LogP contribution in [0.1, 0.15) is 38.8 Å². The first kappa shape index (κ1) is 16.8. The van der Waals surface area contributed by atoms with Crippen LogP contribution in [0.4, 0.5) is 10.5 Å². The maximum absolute atomic E-state index is 11.9. The van der Waals surface area contributed by atoms with Gasteiger partial charge in [-0.1, -0.05) is 18.7 Å². The van der Waals surface area contributed by atoms with E-state index in [2.05, 4.69) is 34.5 Å². The second kappa shape index (κ2) is 6.03. The number of hydrogen-bond donors (Lipinski definition) is 2. The van der Waals surface area contributed by atoms with Gasteiger partial charge in [0.2, 0.25) is 0 Å². The van der Waals surface area contributed by atoms with Gasteiger partial charge in [-0.3, -0.25) is 0 Å². The van der Waals surface area contributed by atoms with Gasteiger partial charge in [-0.05, 0) is 73.5 Å². The van der Waals surface area contributed by atoms with Crippen molar-refractivity contribution in [2.45, 2.75) is 36.8 Å². The topological polar surface area (TPSA) is 64.3 Å². The third kappa shape index (κ3) is 4.70. The first-order valence-electron chi connectivity index (χ1n) is 6.27. The number of rotatable bonds is 3. The van der Waals surface area contributed by atoms with Crippen LogP contribution in [-0.2, 0) is 8.28 Å². The summed E-state index contributed by atoms with van der Waals surface area (Å²) < 4.78 is 4.68. The van der Waals surface area contributed by atoms with Gasteiger partial charge >= 0.3 is 6.09 Å². The van der Waals surface area contributed by atoms with Gasteiger partial charge in [0.05, 0.1) is 0 Å². The Morgan fingerprint density at radius 2 is 2.00 bits per heavy atom. The lowest BCUT2D eigenvalue weighted by atomic mass is 10.0. The van der Waals surface area contributed by atoms with Crippen molar-refractivity contribution in [3.05, 3.63) is 35.9 Å². The zero-order valence-electron chi connectivity index (χ0n) is 12.3. The zero-order chi connectivity index (χ0) is 15.6. The molecule has 0 aliphatic heterocycles. The summed E-state index contributed by atoms with van der Waals surface area (Å²) in [6.07, 6.45) is 1.24. The molecule has 1 aromatic rings. The molecule has 20 heavy (non-hydrogen) atoms. The Kier molecular flexibility index (Phi) is 5.07. The molecular formula is C15H21IN2O2. The zero-order valence-corrected chi connectivity index (χ0v) is 14.4. The van der Waals surface area contributed by atoms with Crippen LogP contribution in [0, 0.1) is 0 Å². The summed E-state index contributed by atoms with van der Waals surface area (Å²) in [6.45, 7) is 11.1. The monoisotopic (exact) mass is 388 g/mol. The fraction of sp³-hybridized carbons (Fsp3) is 0.400. The average Bonchev–Trinajstić information content (AvgIpc) is 2.25. The molecule has 0 saturated heterocycles. The number of carbonyl (C=O) groups is 1. The van der Waals surface area contributed by atoms with Gasteiger partial charge in [-0.15, -0.1) is 0 Å². The van der Waals surface area contributed by atoms with E-state index >= 15 is 0 Å². The largest absolute Gasteiger partial charge is 0.444 e. The highest BCUT2D eigenvalue weighted by atomic mass is 127. The fourth-order valence-corrected chi connectivity index (χ4v) is 2.17. The Labute approximate surface area is 133 Å². The van der Waals surface area contributed by atoms with Crippen molar-refractivity contribution in [2.24, 2.45) is 0 Å². The lowest BCUT2D eigenvalue weighted by molar-refractivity contribution is 0.0503. The molecule has 0 aromatic heterocycles. The molecule has 1 aromatic carbocycles. The standard InChI is InChI=1S/C15H21IN2O2/c1-6-10-9-11(7-8-12(10)17)15(5,16)18-13(19)20-14(2,3)4/h6-9H,1,17H2,2-5H3,(H,18,19). The molecule has 0 aliphatic carbocycles. The molecule has 0 saturated carbocycles. The van der Waals surface area contributed by atoms with E-state index in [9.17, 15) is 4.79 Å². The summed E-state index contributed by atoms with van der Waals surface area (Å²) in [6, 6.07) is 5.60. The van der Waals surface area contributed by atoms with Crippen LogP contribution in [0.25, 0.3) is 6.08 Å². The van der Waals surface area contributed by atoms with E-state index in [1.165, 1.54) is 0 Å². The molecule has 0 bridgehead atoms. The average molecular weight is 388 g/mol. The van der Waals surface area contributed by atoms with Crippen LogP contribution >= 0.6 is 22.6 Å². The van der Waals surface area contributed by atoms with Crippen molar-refractivity contribution in [3.63, 3.8) is 0 Å². The number of carbonyl (C=O) groups excluding carboxylic acids is 1. The molecule has 110 valence electrons.